The van der Waals surface area contributed by atoms with E-state index in [1.165, 1.54) is 20.0 Å². The molecule has 0 saturated heterocycles. The molecule has 0 aliphatic heterocycles. The summed E-state index contributed by atoms with van der Waals surface area (Å²) in [5.74, 6) is 0.0909. The average Bonchev–Trinajstić information content (AvgIpc) is 2.85. The first kappa shape index (κ1) is 23.1. The Bertz CT molecular complexity index is 971. The molecule has 4 rings (SSSR count). The molecular weight excluding hydrogens is 557 g/mol. The second-order valence-electron chi connectivity index (χ2n) is 6.76. The van der Waals surface area contributed by atoms with Crippen molar-refractivity contribution in [1.82, 2.24) is 0 Å². The van der Waals surface area contributed by atoms with Crippen LogP contribution >= 0.6 is 0 Å². The number of rotatable bonds is 3. The van der Waals surface area contributed by atoms with E-state index in [1.54, 1.807) is 6.07 Å². The fourth-order valence-corrected chi connectivity index (χ4v) is 5.54. The molecule has 1 unspecified atom stereocenters. The Balaban J connectivity index is 0.00000140. The van der Waals surface area contributed by atoms with Gasteiger partial charge in [0.2, 0.25) is 0 Å². The summed E-state index contributed by atoms with van der Waals surface area (Å²) in [5, 5.41) is 0. The van der Waals surface area contributed by atoms with E-state index in [1.807, 2.05) is 36.4 Å². The summed E-state index contributed by atoms with van der Waals surface area (Å²) >= 11 is 1.05. The van der Waals surface area contributed by atoms with Gasteiger partial charge < -0.3 is 24.8 Å². The summed E-state index contributed by atoms with van der Waals surface area (Å²) in [5.41, 5.74) is 6.86. The third-order valence-corrected chi connectivity index (χ3v) is 7.36. The minimum Gasteiger partial charge on any atom is -1.00 e. The Morgan fingerprint density at radius 1 is 1.07 bits per heavy atom. The summed E-state index contributed by atoms with van der Waals surface area (Å²) < 4.78 is 16.4. The molecule has 2 aliphatic rings. The first-order valence-electron chi connectivity index (χ1n) is 9.07. The third-order valence-electron chi connectivity index (χ3n) is 5.24. The molecule has 4 heteroatoms. The van der Waals surface area contributed by atoms with Crippen LogP contribution in [0, 0.1) is 5.82 Å². The van der Waals surface area contributed by atoms with Crippen LogP contribution in [0.1, 0.15) is 31.2 Å². The molecule has 0 spiro atoms. The van der Waals surface area contributed by atoms with E-state index in [2.05, 4.69) is 37.3 Å². The summed E-state index contributed by atoms with van der Waals surface area (Å²) in [6.45, 7) is 2.22. The van der Waals surface area contributed by atoms with Crippen LogP contribution in [0.3, 0.4) is 0 Å². The summed E-state index contributed by atoms with van der Waals surface area (Å²) in [7, 11) is 0. The van der Waals surface area contributed by atoms with E-state index in [-0.39, 0.29) is 36.5 Å². The zero-order valence-electron chi connectivity index (χ0n) is 15.6. The van der Waals surface area contributed by atoms with E-state index < -0.39 is 0 Å². The molecule has 0 N–H and O–H groups in total. The van der Waals surface area contributed by atoms with Crippen LogP contribution in [0.5, 0.6) is 0 Å². The van der Waals surface area contributed by atoms with Crippen molar-refractivity contribution < 1.29 is 53.6 Å². The van der Waals surface area contributed by atoms with Gasteiger partial charge >= 0.3 is 170 Å². The number of benzene rings is 2. The Labute approximate surface area is 193 Å². The molecule has 2 aliphatic carbocycles. The predicted octanol–water partition coefficient (Wildman–Crippen LogP) is 0.622. The van der Waals surface area contributed by atoms with Crippen molar-refractivity contribution in [3.05, 3.63) is 104 Å². The molecule has 0 saturated carbocycles. The monoisotopic (exact) mass is 577 g/mol. The average molecular weight is 577 g/mol. The smallest absolute Gasteiger partial charge is 1.00 e. The fraction of sp³-hybridized carbons (Fsp3) is 0.167. The molecule has 0 amide bonds. The van der Waals surface area contributed by atoms with Gasteiger partial charge in [0.1, 0.15) is 0 Å². The van der Waals surface area contributed by atoms with Crippen molar-refractivity contribution in [3.63, 3.8) is 0 Å². The molecule has 28 heavy (non-hydrogen) atoms. The van der Waals surface area contributed by atoms with Gasteiger partial charge in [-0.05, 0) is 0 Å². The SMILES string of the molecule is CCC1=[C]([Hf+2])C2=CC=CCC(c3ccc(-c4ccccc4)c(F)c3)C2=C1.[Cl-].[Cl-]. The zero-order valence-corrected chi connectivity index (χ0v) is 20.7. The molecule has 0 nitrogen and oxygen atoms in total. The Morgan fingerprint density at radius 2 is 1.82 bits per heavy atom. The zero-order chi connectivity index (χ0) is 18.1. The molecule has 1 atom stereocenters. The quantitative estimate of drug-likeness (QED) is 0.471. The largest absolute Gasteiger partial charge is 1.00 e. The van der Waals surface area contributed by atoms with Crippen molar-refractivity contribution in [2.24, 2.45) is 0 Å². The molecule has 0 fully saturated rings. The van der Waals surface area contributed by atoms with Crippen LogP contribution in [0.15, 0.2) is 92.9 Å². The molecule has 0 heterocycles. The second-order valence-corrected chi connectivity index (χ2v) is 8.55. The minimum atomic E-state index is -0.138. The van der Waals surface area contributed by atoms with Gasteiger partial charge in [0.25, 0.3) is 0 Å². The van der Waals surface area contributed by atoms with Crippen LogP contribution in [0.4, 0.5) is 4.39 Å². The van der Waals surface area contributed by atoms with Crippen molar-refractivity contribution >= 4 is 0 Å². The number of hydrogen-bond donors (Lipinski definition) is 0. The number of allylic oxidation sites excluding steroid dienone is 8. The van der Waals surface area contributed by atoms with Crippen molar-refractivity contribution in [2.45, 2.75) is 25.7 Å². The van der Waals surface area contributed by atoms with Gasteiger partial charge in [0.15, 0.2) is 0 Å². The van der Waals surface area contributed by atoms with E-state index in [9.17, 15) is 4.39 Å². The Morgan fingerprint density at radius 3 is 2.50 bits per heavy atom. The molecule has 0 bridgehead atoms. The van der Waals surface area contributed by atoms with Gasteiger partial charge in [-0.2, -0.15) is 0 Å². The van der Waals surface area contributed by atoms with Crippen LogP contribution in [-0.4, -0.2) is 0 Å². The van der Waals surface area contributed by atoms with E-state index in [0.29, 0.717) is 5.56 Å². The van der Waals surface area contributed by atoms with Crippen LogP contribution in [-0.2, 0) is 24.4 Å². The topological polar surface area (TPSA) is 0 Å². The normalized spacial score (nSPS) is 17.8. The maximum absolute atomic E-state index is 14.9. The predicted molar refractivity (Wildman–Crippen MR) is 102 cm³/mol. The van der Waals surface area contributed by atoms with Gasteiger partial charge in [-0.3, -0.25) is 0 Å². The van der Waals surface area contributed by atoms with Gasteiger partial charge in [0, 0.05) is 0 Å². The summed E-state index contributed by atoms with van der Waals surface area (Å²) in [4.78, 5) is 0. The van der Waals surface area contributed by atoms with Crippen LogP contribution < -0.4 is 24.8 Å². The number of halogens is 3. The Kier molecular flexibility index (Phi) is 8.24. The van der Waals surface area contributed by atoms with Gasteiger partial charge in [-0.1, -0.05) is 0 Å². The van der Waals surface area contributed by atoms with E-state index >= 15 is 0 Å². The second kappa shape index (κ2) is 10.0. The van der Waals surface area contributed by atoms with Crippen molar-refractivity contribution in [1.29, 1.82) is 0 Å². The van der Waals surface area contributed by atoms with Crippen LogP contribution in [0.25, 0.3) is 11.1 Å². The summed E-state index contributed by atoms with van der Waals surface area (Å²) in [6.07, 6.45) is 11.0. The first-order chi connectivity index (χ1) is 12.7. The molecule has 0 aromatic heterocycles. The number of fused-ring (bicyclic) bond motifs is 1. The number of hydrogen-bond acceptors (Lipinski definition) is 0. The summed E-state index contributed by atoms with van der Waals surface area (Å²) in [6, 6.07) is 15.5. The van der Waals surface area contributed by atoms with E-state index in [4.69, 9.17) is 0 Å². The third kappa shape index (κ3) is 4.35. The maximum atomic E-state index is 14.9. The van der Waals surface area contributed by atoms with Crippen molar-refractivity contribution in [2.75, 3.05) is 0 Å². The molecule has 2 aromatic carbocycles. The Hall–Kier alpha value is -1.22. The van der Waals surface area contributed by atoms with Crippen molar-refractivity contribution in [3.8, 4) is 11.1 Å². The fourth-order valence-electron chi connectivity index (χ4n) is 3.82. The first-order valence-corrected chi connectivity index (χ1v) is 10.9. The van der Waals surface area contributed by atoms with Crippen LogP contribution in [0.2, 0.25) is 0 Å². The molecule has 141 valence electrons. The molecular formula is C24H20Cl2FHf. The standard InChI is InChI=1S/C24H20F.2ClH.Hf/c1-2-17-14-19-10-6-7-11-21(23(19)15-17)20-12-13-22(24(25)16-20)18-8-4-3-5-9-18;;;/h3-10,12-13,15-16,21H,2,11H2,1H3;2*1H;/q;;;+2/p-2. The molecule has 0 radical (unpaired) electrons. The van der Waals surface area contributed by atoms with Gasteiger partial charge in [-0.25, -0.2) is 0 Å². The van der Waals surface area contributed by atoms with Gasteiger partial charge in [-0.15, -0.1) is 0 Å². The maximum Gasteiger partial charge on any atom is -1.00 e. The van der Waals surface area contributed by atoms with Gasteiger partial charge in [0.05, 0.1) is 0 Å². The minimum absolute atomic E-state index is 0. The molecule has 2 aromatic rings. The van der Waals surface area contributed by atoms with E-state index in [0.717, 1.165) is 48.3 Å².